The summed E-state index contributed by atoms with van der Waals surface area (Å²) in [6, 6.07) is 0. The SMILES string of the molecule is Cc1csc(NC(=O)CCSCc2csc(C)n2)n1. The normalized spacial score (nSPS) is 10.6. The Morgan fingerprint density at radius 2 is 2.16 bits per heavy atom. The minimum absolute atomic E-state index is 0.0244. The molecule has 0 radical (unpaired) electrons. The van der Waals surface area contributed by atoms with Crippen molar-refractivity contribution < 1.29 is 4.79 Å². The van der Waals surface area contributed by atoms with E-state index >= 15 is 0 Å². The number of hydrogen-bond donors (Lipinski definition) is 1. The van der Waals surface area contributed by atoms with Gasteiger partial charge in [-0.05, 0) is 13.8 Å². The van der Waals surface area contributed by atoms with Crippen LogP contribution in [0.15, 0.2) is 10.8 Å². The minimum Gasteiger partial charge on any atom is -0.302 e. The van der Waals surface area contributed by atoms with Gasteiger partial charge in [0.25, 0.3) is 0 Å². The van der Waals surface area contributed by atoms with Gasteiger partial charge in [0, 0.05) is 28.7 Å². The molecule has 19 heavy (non-hydrogen) atoms. The number of rotatable bonds is 6. The summed E-state index contributed by atoms with van der Waals surface area (Å²) in [6.07, 6.45) is 0.506. The molecule has 0 bridgehead atoms. The van der Waals surface area contributed by atoms with E-state index in [4.69, 9.17) is 0 Å². The largest absolute Gasteiger partial charge is 0.302 e. The lowest BCUT2D eigenvalue weighted by atomic mass is 10.4. The molecule has 0 aromatic carbocycles. The van der Waals surface area contributed by atoms with Crippen LogP contribution < -0.4 is 5.32 Å². The van der Waals surface area contributed by atoms with Crippen LogP contribution in [0.3, 0.4) is 0 Å². The van der Waals surface area contributed by atoms with Gasteiger partial charge in [-0.2, -0.15) is 11.8 Å². The van der Waals surface area contributed by atoms with Gasteiger partial charge in [0.2, 0.25) is 5.91 Å². The van der Waals surface area contributed by atoms with Crippen LogP contribution >= 0.6 is 34.4 Å². The summed E-state index contributed by atoms with van der Waals surface area (Å²) < 4.78 is 0. The zero-order valence-electron chi connectivity index (χ0n) is 10.8. The molecule has 7 heteroatoms. The van der Waals surface area contributed by atoms with Crippen molar-refractivity contribution in [2.45, 2.75) is 26.0 Å². The van der Waals surface area contributed by atoms with E-state index in [9.17, 15) is 4.79 Å². The average Bonchev–Trinajstić information content (AvgIpc) is 2.94. The molecular formula is C12H15N3OS3. The van der Waals surface area contributed by atoms with Gasteiger partial charge in [0.1, 0.15) is 0 Å². The quantitative estimate of drug-likeness (QED) is 0.830. The monoisotopic (exact) mass is 313 g/mol. The molecular weight excluding hydrogens is 298 g/mol. The van der Waals surface area contributed by atoms with E-state index in [1.807, 2.05) is 19.2 Å². The Hall–Kier alpha value is -0.920. The predicted octanol–water partition coefficient (Wildman–Crippen LogP) is 3.48. The minimum atomic E-state index is 0.0244. The van der Waals surface area contributed by atoms with E-state index in [2.05, 4.69) is 20.7 Å². The molecule has 1 N–H and O–H groups in total. The molecule has 0 saturated heterocycles. The first-order valence-electron chi connectivity index (χ1n) is 5.84. The Morgan fingerprint density at radius 1 is 1.32 bits per heavy atom. The fourth-order valence-electron chi connectivity index (χ4n) is 1.41. The molecule has 2 aromatic heterocycles. The van der Waals surface area contributed by atoms with E-state index < -0.39 is 0 Å². The first-order chi connectivity index (χ1) is 9.13. The Kier molecular flexibility index (Phi) is 5.35. The van der Waals surface area contributed by atoms with E-state index in [-0.39, 0.29) is 5.91 Å². The number of anilines is 1. The fourth-order valence-corrected chi connectivity index (χ4v) is 3.66. The summed E-state index contributed by atoms with van der Waals surface area (Å²) in [4.78, 5) is 20.3. The van der Waals surface area contributed by atoms with Crippen molar-refractivity contribution in [1.29, 1.82) is 0 Å². The summed E-state index contributed by atoms with van der Waals surface area (Å²) in [7, 11) is 0. The van der Waals surface area contributed by atoms with Crippen molar-refractivity contribution in [1.82, 2.24) is 9.97 Å². The van der Waals surface area contributed by atoms with Gasteiger partial charge in [-0.15, -0.1) is 22.7 Å². The highest BCUT2D eigenvalue weighted by Crippen LogP contribution is 2.17. The number of carbonyl (C=O) groups excluding carboxylic acids is 1. The summed E-state index contributed by atoms with van der Waals surface area (Å²) in [5.41, 5.74) is 2.04. The third-order valence-corrected chi connectivity index (χ3v) is 4.95. The number of amides is 1. The third kappa shape index (κ3) is 4.93. The van der Waals surface area contributed by atoms with Crippen LogP contribution in [0, 0.1) is 13.8 Å². The lowest BCUT2D eigenvalue weighted by Gasteiger charge is -2.01. The molecule has 0 unspecified atom stereocenters. The maximum absolute atomic E-state index is 11.7. The van der Waals surface area contributed by atoms with Crippen LogP contribution in [-0.4, -0.2) is 21.6 Å². The Labute approximate surface area is 124 Å². The number of thiazole rings is 2. The number of thioether (sulfide) groups is 1. The molecule has 4 nitrogen and oxygen atoms in total. The lowest BCUT2D eigenvalue weighted by molar-refractivity contribution is -0.115. The topological polar surface area (TPSA) is 54.9 Å². The standard InChI is InChI=1S/C12H15N3OS3/c1-8-5-19-12(13-8)15-11(16)3-4-17-6-10-7-18-9(2)14-10/h5,7H,3-4,6H2,1-2H3,(H,13,15,16). The number of aromatic nitrogens is 2. The number of carbonyl (C=O) groups is 1. The van der Waals surface area contributed by atoms with Gasteiger partial charge in [-0.3, -0.25) is 4.79 Å². The summed E-state index contributed by atoms with van der Waals surface area (Å²) in [5.74, 6) is 1.69. The Morgan fingerprint density at radius 3 is 2.79 bits per heavy atom. The highest BCUT2D eigenvalue weighted by Gasteiger charge is 2.05. The first-order valence-corrected chi connectivity index (χ1v) is 8.75. The van der Waals surface area contributed by atoms with Gasteiger partial charge >= 0.3 is 0 Å². The zero-order chi connectivity index (χ0) is 13.7. The molecule has 102 valence electrons. The van der Waals surface area contributed by atoms with Gasteiger partial charge in [-0.1, -0.05) is 0 Å². The molecule has 0 aliphatic carbocycles. The molecule has 0 aliphatic heterocycles. The molecule has 0 fully saturated rings. The van der Waals surface area contributed by atoms with Crippen LogP contribution in [0.25, 0.3) is 0 Å². The van der Waals surface area contributed by atoms with Crippen molar-refractivity contribution in [3.63, 3.8) is 0 Å². The van der Waals surface area contributed by atoms with E-state index in [1.54, 1.807) is 23.1 Å². The van der Waals surface area contributed by atoms with Crippen molar-refractivity contribution in [3.8, 4) is 0 Å². The van der Waals surface area contributed by atoms with Crippen LogP contribution in [0.5, 0.6) is 0 Å². The first kappa shape index (κ1) is 14.5. The van der Waals surface area contributed by atoms with Crippen molar-refractivity contribution in [2.75, 3.05) is 11.1 Å². The summed E-state index contributed by atoms with van der Waals surface area (Å²) in [5, 5.41) is 8.58. The summed E-state index contributed by atoms with van der Waals surface area (Å²) in [6.45, 7) is 3.92. The number of aryl methyl sites for hydroxylation is 2. The van der Waals surface area contributed by atoms with E-state index in [0.717, 1.165) is 27.9 Å². The van der Waals surface area contributed by atoms with E-state index in [1.165, 1.54) is 11.3 Å². The Balaban J connectivity index is 1.64. The second kappa shape index (κ2) is 7.02. The van der Waals surface area contributed by atoms with Crippen molar-refractivity contribution in [2.24, 2.45) is 0 Å². The van der Waals surface area contributed by atoms with Crippen LogP contribution in [0.4, 0.5) is 5.13 Å². The van der Waals surface area contributed by atoms with Crippen LogP contribution in [-0.2, 0) is 10.5 Å². The molecule has 2 rings (SSSR count). The second-order valence-electron chi connectivity index (χ2n) is 4.00. The van der Waals surface area contributed by atoms with Gasteiger partial charge < -0.3 is 5.32 Å². The number of hydrogen-bond acceptors (Lipinski definition) is 6. The lowest BCUT2D eigenvalue weighted by Crippen LogP contribution is -2.12. The van der Waals surface area contributed by atoms with Crippen LogP contribution in [0.2, 0.25) is 0 Å². The maximum atomic E-state index is 11.7. The summed E-state index contributed by atoms with van der Waals surface area (Å²) >= 11 is 4.85. The Bertz CT molecular complexity index is 550. The number of nitrogens with one attached hydrogen (secondary N) is 1. The highest BCUT2D eigenvalue weighted by molar-refractivity contribution is 7.98. The molecule has 0 atom stereocenters. The fraction of sp³-hybridized carbons (Fsp3) is 0.417. The molecule has 0 saturated carbocycles. The predicted molar refractivity (Wildman–Crippen MR) is 83.1 cm³/mol. The van der Waals surface area contributed by atoms with Gasteiger partial charge in [-0.25, -0.2) is 9.97 Å². The zero-order valence-corrected chi connectivity index (χ0v) is 13.3. The smallest absolute Gasteiger partial charge is 0.226 e. The maximum Gasteiger partial charge on any atom is 0.226 e. The van der Waals surface area contributed by atoms with Gasteiger partial charge in [0.15, 0.2) is 5.13 Å². The molecule has 2 heterocycles. The average molecular weight is 313 g/mol. The van der Waals surface area contributed by atoms with Crippen molar-refractivity contribution >= 4 is 45.5 Å². The third-order valence-electron chi connectivity index (χ3n) is 2.26. The molecule has 1 amide bonds. The second-order valence-corrected chi connectivity index (χ2v) is 7.03. The molecule has 0 aliphatic rings. The van der Waals surface area contributed by atoms with Gasteiger partial charge in [0.05, 0.1) is 16.4 Å². The highest BCUT2D eigenvalue weighted by atomic mass is 32.2. The molecule has 0 spiro atoms. The number of nitrogens with zero attached hydrogens (tertiary/aromatic N) is 2. The van der Waals surface area contributed by atoms with Crippen LogP contribution in [0.1, 0.15) is 22.8 Å². The van der Waals surface area contributed by atoms with E-state index in [0.29, 0.717) is 11.6 Å². The van der Waals surface area contributed by atoms with Crippen molar-refractivity contribution in [3.05, 3.63) is 27.2 Å². The molecule has 2 aromatic rings.